The van der Waals surface area contributed by atoms with Crippen molar-refractivity contribution in [2.75, 3.05) is 33.3 Å². The molecule has 0 unspecified atom stereocenters. The second-order valence-electron chi connectivity index (χ2n) is 7.76. The van der Waals surface area contributed by atoms with Crippen molar-refractivity contribution in [2.45, 2.75) is 6.61 Å². The number of amides is 2. The zero-order valence-electron chi connectivity index (χ0n) is 18.4. The molecule has 3 aromatic carbocycles. The summed E-state index contributed by atoms with van der Waals surface area (Å²) in [6.07, 6.45) is 0. The molecule has 7 heteroatoms. The molecule has 0 N–H and O–H groups in total. The summed E-state index contributed by atoms with van der Waals surface area (Å²) in [7, 11) is 1.57. The molecule has 0 aromatic heterocycles. The molecule has 1 aliphatic rings. The first-order chi connectivity index (χ1) is 16.0. The number of ether oxygens (including phenoxy) is 2. The van der Waals surface area contributed by atoms with E-state index in [0.29, 0.717) is 60.4 Å². The molecule has 1 aliphatic heterocycles. The summed E-state index contributed by atoms with van der Waals surface area (Å²) >= 11 is 6.02. The van der Waals surface area contributed by atoms with Gasteiger partial charge in [0.15, 0.2) is 0 Å². The van der Waals surface area contributed by atoms with Crippen molar-refractivity contribution >= 4 is 23.4 Å². The van der Waals surface area contributed by atoms with Gasteiger partial charge in [-0.25, -0.2) is 0 Å². The summed E-state index contributed by atoms with van der Waals surface area (Å²) in [5, 5.41) is 0.657. The van der Waals surface area contributed by atoms with Crippen LogP contribution in [0.1, 0.15) is 26.3 Å². The van der Waals surface area contributed by atoms with E-state index in [2.05, 4.69) is 0 Å². The van der Waals surface area contributed by atoms with Crippen molar-refractivity contribution in [3.8, 4) is 11.5 Å². The van der Waals surface area contributed by atoms with Crippen molar-refractivity contribution in [1.29, 1.82) is 0 Å². The molecule has 33 heavy (non-hydrogen) atoms. The molecule has 1 saturated heterocycles. The average Bonchev–Trinajstić information content (AvgIpc) is 2.87. The highest BCUT2D eigenvalue weighted by molar-refractivity contribution is 6.30. The van der Waals surface area contributed by atoms with Crippen molar-refractivity contribution in [2.24, 2.45) is 0 Å². The minimum atomic E-state index is -0.0725. The standard InChI is InChI=1S/C26H25ClN2O4/c1-32-23-9-3-6-20(16-23)25(30)28-11-13-29(14-12-28)26(31)21-7-4-10-24(17-21)33-18-19-5-2-8-22(27)15-19/h2-10,15-17H,11-14,18H2,1H3. The number of methoxy groups -OCH3 is 1. The van der Waals surface area contributed by atoms with Crippen LogP contribution in [0.5, 0.6) is 11.5 Å². The third-order valence-corrected chi connectivity index (χ3v) is 5.78. The number of carbonyl (C=O) groups excluding carboxylic acids is 2. The summed E-state index contributed by atoms with van der Waals surface area (Å²) < 4.78 is 11.1. The Morgan fingerprint density at radius 1 is 0.788 bits per heavy atom. The fraction of sp³-hybridized carbons (Fsp3) is 0.231. The third kappa shape index (κ3) is 5.65. The highest BCUT2D eigenvalue weighted by atomic mass is 35.5. The van der Waals surface area contributed by atoms with Crippen LogP contribution in [0.3, 0.4) is 0 Å². The van der Waals surface area contributed by atoms with E-state index in [4.69, 9.17) is 21.1 Å². The lowest BCUT2D eigenvalue weighted by atomic mass is 10.1. The van der Waals surface area contributed by atoms with E-state index in [-0.39, 0.29) is 11.8 Å². The van der Waals surface area contributed by atoms with Crippen molar-refractivity contribution in [1.82, 2.24) is 9.80 Å². The first kappa shape index (κ1) is 22.7. The molecule has 170 valence electrons. The van der Waals surface area contributed by atoms with Crippen LogP contribution in [0.15, 0.2) is 72.8 Å². The van der Waals surface area contributed by atoms with Crippen LogP contribution >= 0.6 is 11.6 Å². The zero-order chi connectivity index (χ0) is 23.2. The van der Waals surface area contributed by atoms with Crippen molar-refractivity contribution in [3.05, 3.63) is 94.5 Å². The van der Waals surface area contributed by atoms with Crippen LogP contribution in [0.25, 0.3) is 0 Å². The van der Waals surface area contributed by atoms with E-state index in [1.54, 1.807) is 53.3 Å². The zero-order valence-corrected chi connectivity index (χ0v) is 19.1. The molecule has 0 radical (unpaired) electrons. The van der Waals surface area contributed by atoms with Gasteiger partial charge in [-0.1, -0.05) is 35.9 Å². The number of piperazine rings is 1. The van der Waals surface area contributed by atoms with E-state index < -0.39 is 0 Å². The lowest BCUT2D eigenvalue weighted by Crippen LogP contribution is -2.50. The number of hydrogen-bond acceptors (Lipinski definition) is 4. The predicted octanol–water partition coefficient (Wildman–Crippen LogP) is 4.53. The highest BCUT2D eigenvalue weighted by Crippen LogP contribution is 2.20. The Kier molecular flexibility index (Phi) is 7.15. The molecule has 2 amide bonds. The third-order valence-electron chi connectivity index (χ3n) is 5.55. The molecule has 6 nitrogen and oxygen atoms in total. The topological polar surface area (TPSA) is 59.1 Å². The summed E-state index contributed by atoms with van der Waals surface area (Å²) in [6, 6.07) is 21.8. The Morgan fingerprint density at radius 2 is 1.33 bits per heavy atom. The van der Waals surface area contributed by atoms with Gasteiger partial charge in [0, 0.05) is 42.3 Å². The van der Waals surface area contributed by atoms with Crippen molar-refractivity contribution in [3.63, 3.8) is 0 Å². The van der Waals surface area contributed by atoms with Gasteiger partial charge in [-0.2, -0.15) is 0 Å². The Balaban J connectivity index is 1.34. The second-order valence-corrected chi connectivity index (χ2v) is 8.20. The number of hydrogen-bond donors (Lipinski definition) is 0. The van der Waals surface area contributed by atoms with Gasteiger partial charge < -0.3 is 19.3 Å². The summed E-state index contributed by atoms with van der Waals surface area (Å²) in [4.78, 5) is 29.4. The summed E-state index contributed by atoms with van der Waals surface area (Å²) in [5.74, 6) is 1.13. The predicted molar refractivity (Wildman–Crippen MR) is 127 cm³/mol. The summed E-state index contributed by atoms with van der Waals surface area (Å²) in [6.45, 7) is 2.27. The molecule has 0 aliphatic carbocycles. The van der Waals surface area contributed by atoms with Gasteiger partial charge in [-0.3, -0.25) is 9.59 Å². The quantitative estimate of drug-likeness (QED) is 0.538. The molecule has 4 rings (SSSR count). The van der Waals surface area contributed by atoms with Gasteiger partial charge in [0.2, 0.25) is 0 Å². The first-order valence-electron chi connectivity index (χ1n) is 10.7. The van der Waals surface area contributed by atoms with Gasteiger partial charge in [0.1, 0.15) is 18.1 Å². The minimum Gasteiger partial charge on any atom is -0.497 e. The Morgan fingerprint density at radius 3 is 1.91 bits per heavy atom. The average molecular weight is 465 g/mol. The molecular formula is C26H25ClN2O4. The van der Waals surface area contributed by atoms with Crippen LogP contribution in [-0.4, -0.2) is 54.9 Å². The maximum Gasteiger partial charge on any atom is 0.254 e. The fourth-order valence-electron chi connectivity index (χ4n) is 3.75. The van der Waals surface area contributed by atoms with Crippen LogP contribution in [0, 0.1) is 0 Å². The second kappa shape index (κ2) is 10.4. The van der Waals surface area contributed by atoms with Gasteiger partial charge in [-0.05, 0) is 54.1 Å². The summed E-state index contributed by atoms with van der Waals surface area (Å²) in [5.41, 5.74) is 2.10. The maximum atomic E-state index is 13.0. The van der Waals surface area contributed by atoms with Crippen LogP contribution in [0.2, 0.25) is 5.02 Å². The molecule has 0 saturated carbocycles. The fourth-order valence-corrected chi connectivity index (χ4v) is 3.96. The van der Waals surface area contributed by atoms with Gasteiger partial charge >= 0.3 is 0 Å². The molecule has 1 fully saturated rings. The van der Waals surface area contributed by atoms with Gasteiger partial charge in [0.05, 0.1) is 7.11 Å². The lowest BCUT2D eigenvalue weighted by Gasteiger charge is -2.35. The SMILES string of the molecule is COc1cccc(C(=O)N2CCN(C(=O)c3cccc(OCc4cccc(Cl)c4)c3)CC2)c1. The number of halogens is 1. The Hall–Kier alpha value is -3.51. The molecular weight excluding hydrogens is 440 g/mol. The van der Waals surface area contributed by atoms with Crippen LogP contribution in [0.4, 0.5) is 0 Å². The number of nitrogens with zero attached hydrogens (tertiary/aromatic N) is 2. The van der Waals surface area contributed by atoms with Gasteiger partial charge in [-0.15, -0.1) is 0 Å². The Labute approximate surface area is 198 Å². The lowest BCUT2D eigenvalue weighted by molar-refractivity contribution is 0.0535. The van der Waals surface area contributed by atoms with E-state index in [9.17, 15) is 9.59 Å². The van der Waals surface area contributed by atoms with Crippen molar-refractivity contribution < 1.29 is 19.1 Å². The molecule has 1 heterocycles. The van der Waals surface area contributed by atoms with E-state index in [1.807, 2.05) is 36.4 Å². The minimum absolute atomic E-state index is 0.0580. The number of benzene rings is 3. The number of rotatable bonds is 6. The molecule has 0 atom stereocenters. The van der Waals surface area contributed by atoms with E-state index in [1.165, 1.54) is 0 Å². The van der Waals surface area contributed by atoms with Crippen LogP contribution < -0.4 is 9.47 Å². The van der Waals surface area contributed by atoms with Crippen LogP contribution in [-0.2, 0) is 6.61 Å². The Bertz CT molecular complexity index is 1140. The molecule has 0 bridgehead atoms. The van der Waals surface area contributed by atoms with E-state index in [0.717, 1.165) is 5.56 Å². The monoisotopic (exact) mass is 464 g/mol. The first-order valence-corrected chi connectivity index (χ1v) is 11.1. The van der Waals surface area contributed by atoms with Gasteiger partial charge in [0.25, 0.3) is 11.8 Å². The largest absolute Gasteiger partial charge is 0.497 e. The molecule has 3 aromatic rings. The maximum absolute atomic E-state index is 13.0. The smallest absolute Gasteiger partial charge is 0.254 e. The van der Waals surface area contributed by atoms with E-state index >= 15 is 0 Å². The molecule has 0 spiro atoms. The highest BCUT2D eigenvalue weighted by Gasteiger charge is 2.26. The normalized spacial score (nSPS) is 13.5. The number of carbonyl (C=O) groups is 2.